The molecule has 11 heteroatoms. The number of halogens is 3. The van der Waals surface area contributed by atoms with Gasteiger partial charge in [0.2, 0.25) is 0 Å². The molecule has 0 aliphatic carbocycles. The van der Waals surface area contributed by atoms with Crippen molar-refractivity contribution in [1.82, 2.24) is 29.4 Å². The summed E-state index contributed by atoms with van der Waals surface area (Å²) >= 11 is 0. The molecule has 0 fully saturated rings. The fraction of sp³-hybridized carbons (Fsp3) is 0.0500. The third kappa shape index (κ3) is 3.35. The second kappa shape index (κ2) is 6.90. The van der Waals surface area contributed by atoms with Crippen LogP contribution in [0.4, 0.5) is 13.2 Å². The van der Waals surface area contributed by atoms with E-state index < -0.39 is 17.6 Å². The number of aromatic nitrogens is 6. The van der Waals surface area contributed by atoms with Gasteiger partial charge in [-0.25, -0.2) is 0 Å². The molecule has 0 unspecified atom stereocenters. The van der Waals surface area contributed by atoms with Crippen molar-refractivity contribution in [3.05, 3.63) is 83.0 Å². The molecule has 0 atom stereocenters. The average molecular weight is 424 g/mol. The fourth-order valence-electron chi connectivity index (χ4n) is 3.03. The molecule has 0 N–H and O–H groups in total. The van der Waals surface area contributed by atoms with Crippen LogP contribution in [0, 0.1) is 0 Å². The first-order valence-corrected chi connectivity index (χ1v) is 8.95. The Labute approximate surface area is 171 Å². The second-order valence-corrected chi connectivity index (χ2v) is 6.48. The van der Waals surface area contributed by atoms with E-state index in [2.05, 4.69) is 20.3 Å². The van der Waals surface area contributed by atoms with Gasteiger partial charge in [-0.2, -0.15) is 22.7 Å². The number of alkyl halides is 3. The molecule has 0 aliphatic rings. The van der Waals surface area contributed by atoms with E-state index in [4.69, 9.17) is 4.74 Å². The lowest BCUT2D eigenvalue weighted by Gasteiger charge is -2.09. The number of pyridine rings is 1. The number of benzene rings is 2. The zero-order chi connectivity index (χ0) is 21.6. The molecule has 31 heavy (non-hydrogen) atoms. The van der Waals surface area contributed by atoms with Gasteiger partial charge in [-0.05, 0) is 42.5 Å². The van der Waals surface area contributed by atoms with Crippen LogP contribution in [-0.4, -0.2) is 29.4 Å². The summed E-state index contributed by atoms with van der Waals surface area (Å²) in [6, 6.07) is 17.4. The molecule has 5 rings (SSSR count). The Kier molecular flexibility index (Phi) is 4.17. The monoisotopic (exact) mass is 424 g/mol. The van der Waals surface area contributed by atoms with Crippen LogP contribution in [0.25, 0.3) is 22.5 Å². The maximum absolute atomic E-state index is 12.9. The van der Waals surface area contributed by atoms with Gasteiger partial charge in [0.15, 0.2) is 5.52 Å². The quantitative estimate of drug-likeness (QED) is 0.440. The highest BCUT2D eigenvalue weighted by Crippen LogP contribution is 2.27. The smallest absolute Gasteiger partial charge is 0.453 e. The topological polar surface area (TPSA) is 87.2 Å². The molecular weight excluding hydrogens is 413 g/mol. The maximum atomic E-state index is 12.9. The molecule has 0 radical (unpaired) electrons. The highest BCUT2D eigenvalue weighted by molar-refractivity contribution is 5.74. The SMILES string of the molecule is O=c1c2nnc3nc(C(F)(F)F)nn3c2ccn1-c1ccc(Oc2ccccc2)cc1. The van der Waals surface area contributed by atoms with Crippen LogP contribution in [0.2, 0.25) is 0 Å². The predicted molar refractivity (Wildman–Crippen MR) is 103 cm³/mol. The van der Waals surface area contributed by atoms with Gasteiger partial charge < -0.3 is 4.74 Å². The minimum Gasteiger partial charge on any atom is -0.457 e. The molecule has 3 heterocycles. The minimum atomic E-state index is -4.74. The summed E-state index contributed by atoms with van der Waals surface area (Å²) in [5.41, 5.74) is -0.118. The van der Waals surface area contributed by atoms with Crippen LogP contribution >= 0.6 is 0 Å². The van der Waals surface area contributed by atoms with Gasteiger partial charge in [0.25, 0.3) is 17.2 Å². The molecule has 0 amide bonds. The Morgan fingerprint density at radius 1 is 0.871 bits per heavy atom. The molecule has 0 aliphatic heterocycles. The molecule has 5 aromatic rings. The van der Waals surface area contributed by atoms with Crippen molar-refractivity contribution in [3.8, 4) is 17.2 Å². The van der Waals surface area contributed by atoms with E-state index in [1.165, 1.54) is 16.8 Å². The van der Waals surface area contributed by atoms with Crippen molar-refractivity contribution in [1.29, 1.82) is 0 Å². The van der Waals surface area contributed by atoms with Gasteiger partial charge in [-0.3, -0.25) is 9.36 Å². The van der Waals surface area contributed by atoms with Gasteiger partial charge in [0.1, 0.15) is 17.0 Å². The van der Waals surface area contributed by atoms with Crippen molar-refractivity contribution in [3.63, 3.8) is 0 Å². The van der Waals surface area contributed by atoms with Crippen molar-refractivity contribution < 1.29 is 17.9 Å². The largest absolute Gasteiger partial charge is 0.457 e. The first-order valence-electron chi connectivity index (χ1n) is 8.95. The number of nitrogens with zero attached hydrogens (tertiary/aromatic N) is 6. The van der Waals surface area contributed by atoms with Gasteiger partial charge in [0, 0.05) is 11.9 Å². The Morgan fingerprint density at radius 2 is 1.58 bits per heavy atom. The van der Waals surface area contributed by atoms with Crippen LogP contribution in [0.1, 0.15) is 5.82 Å². The number of hydrogen-bond donors (Lipinski definition) is 0. The van der Waals surface area contributed by atoms with Crippen LogP contribution in [0.5, 0.6) is 11.5 Å². The second-order valence-electron chi connectivity index (χ2n) is 6.48. The number of fused-ring (bicyclic) bond motifs is 3. The summed E-state index contributed by atoms with van der Waals surface area (Å²) in [4.78, 5) is 16.2. The zero-order valence-corrected chi connectivity index (χ0v) is 15.5. The van der Waals surface area contributed by atoms with E-state index in [-0.39, 0.29) is 16.8 Å². The third-order valence-electron chi connectivity index (χ3n) is 4.45. The normalized spacial score (nSPS) is 11.8. The Hall–Kier alpha value is -4.28. The summed E-state index contributed by atoms with van der Waals surface area (Å²) in [7, 11) is 0. The predicted octanol–water partition coefficient (Wildman–Crippen LogP) is 3.63. The molecular formula is C20H11F3N6O2. The van der Waals surface area contributed by atoms with Gasteiger partial charge in [-0.1, -0.05) is 18.2 Å². The van der Waals surface area contributed by atoms with Crippen molar-refractivity contribution in [2.24, 2.45) is 0 Å². The van der Waals surface area contributed by atoms with Gasteiger partial charge in [0.05, 0.1) is 0 Å². The first-order chi connectivity index (χ1) is 14.9. The maximum Gasteiger partial charge on any atom is 0.453 e. The number of hydrogen-bond acceptors (Lipinski definition) is 6. The fourth-order valence-corrected chi connectivity index (χ4v) is 3.03. The van der Waals surface area contributed by atoms with E-state index in [0.29, 0.717) is 17.2 Å². The number of ether oxygens (including phenoxy) is 1. The summed E-state index contributed by atoms with van der Waals surface area (Å²) in [6.45, 7) is 0. The lowest BCUT2D eigenvalue weighted by Crippen LogP contribution is -2.20. The summed E-state index contributed by atoms with van der Waals surface area (Å²) in [5, 5.41) is 10.8. The van der Waals surface area contributed by atoms with Crippen molar-refractivity contribution in [2.45, 2.75) is 6.18 Å². The summed E-state index contributed by atoms with van der Waals surface area (Å²) in [5.74, 6) is -0.456. The van der Waals surface area contributed by atoms with Crippen LogP contribution in [0.15, 0.2) is 71.7 Å². The highest BCUT2D eigenvalue weighted by Gasteiger charge is 2.36. The van der Waals surface area contributed by atoms with Gasteiger partial charge >= 0.3 is 6.18 Å². The number of rotatable bonds is 3. The Bertz CT molecular complexity index is 1460. The van der Waals surface area contributed by atoms with E-state index in [0.717, 1.165) is 4.52 Å². The number of para-hydroxylation sites is 1. The lowest BCUT2D eigenvalue weighted by molar-refractivity contribution is -0.144. The van der Waals surface area contributed by atoms with Crippen molar-refractivity contribution in [2.75, 3.05) is 0 Å². The van der Waals surface area contributed by atoms with Crippen molar-refractivity contribution >= 4 is 16.8 Å². The van der Waals surface area contributed by atoms with Crippen LogP contribution in [0.3, 0.4) is 0 Å². The average Bonchev–Trinajstić information content (AvgIpc) is 3.21. The highest BCUT2D eigenvalue weighted by atomic mass is 19.4. The molecule has 0 bridgehead atoms. The summed E-state index contributed by atoms with van der Waals surface area (Å²) in [6.07, 6.45) is -3.31. The molecule has 154 valence electrons. The molecule has 0 saturated heterocycles. The zero-order valence-electron chi connectivity index (χ0n) is 15.5. The molecule has 2 aromatic carbocycles. The Morgan fingerprint density at radius 3 is 2.29 bits per heavy atom. The van der Waals surface area contributed by atoms with E-state index in [1.807, 2.05) is 30.3 Å². The van der Waals surface area contributed by atoms with Gasteiger partial charge in [-0.15, -0.1) is 15.3 Å². The lowest BCUT2D eigenvalue weighted by atomic mass is 10.2. The molecule has 3 aromatic heterocycles. The molecule has 0 spiro atoms. The summed E-state index contributed by atoms with van der Waals surface area (Å²) < 4.78 is 46.6. The first kappa shape index (κ1) is 18.7. The molecule has 0 saturated carbocycles. The van der Waals surface area contributed by atoms with Crippen LogP contribution < -0.4 is 10.3 Å². The standard InChI is InChI=1S/C20H11F3N6O2/c21-20(22,23)18-24-19-26-25-16-15(29(19)27-18)10-11-28(17(16)30)12-6-8-14(9-7-12)31-13-4-2-1-3-5-13/h1-11H. The van der Waals surface area contributed by atoms with E-state index in [9.17, 15) is 18.0 Å². The third-order valence-corrected chi connectivity index (χ3v) is 4.45. The minimum absolute atomic E-state index is 0.0679. The Balaban J connectivity index is 1.54. The van der Waals surface area contributed by atoms with E-state index in [1.54, 1.807) is 24.3 Å². The molecule has 8 nitrogen and oxygen atoms in total. The van der Waals surface area contributed by atoms with E-state index >= 15 is 0 Å². The van der Waals surface area contributed by atoms with Crippen LogP contribution in [-0.2, 0) is 6.18 Å².